The summed E-state index contributed by atoms with van der Waals surface area (Å²) >= 11 is 5.72. The van der Waals surface area contributed by atoms with Crippen LogP contribution in [0, 0.1) is 20.2 Å². The zero-order chi connectivity index (χ0) is 17.6. The number of rotatable bonds is 7. The molecule has 0 saturated carbocycles. The van der Waals surface area contributed by atoms with Crippen LogP contribution in [-0.2, 0) is 9.53 Å². The van der Waals surface area contributed by atoms with Gasteiger partial charge in [-0.25, -0.2) is 0 Å². The summed E-state index contributed by atoms with van der Waals surface area (Å²) in [6.45, 7) is 3.40. The topological polar surface area (TPSA) is 137 Å². The number of ether oxygens (including phenoxy) is 1. The summed E-state index contributed by atoms with van der Waals surface area (Å²) in [6.07, 6.45) is -0.102. The van der Waals surface area contributed by atoms with Gasteiger partial charge in [-0.3, -0.25) is 30.4 Å². The van der Waals surface area contributed by atoms with Crippen molar-refractivity contribution >= 4 is 40.3 Å². The molecule has 23 heavy (non-hydrogen) atoms. The fourth-order valence-corrected chi connectivity index (χ4v) is 1.78. The van der Waals surface area contributed by atoms with E-state index in [0.29, 0.717) is 5.71 Å². The number of carbonyl (C=O) groups excluding carboxylic acids is 1. The summed E-state index contributed by atoms with van der Waals surface area (Å²) in [5.41, 5.74) is 1.41. The summed E-state index contributed by atoms with van der Waals surface area (Å²) in [5.74, 6) is -0.494. The average molecular weight is 345 g/mol. The molecule has 1 N–H and O–H groups in total. The molecule has 0 aliphatic heterocycles. The molecule has 0 atom stereocenters. The number of carbonyl (C=O) groups is 1. The maximum atomic E-state index is 11.3. The molecule has 0 bridgehead atoms. The largest absolute Gasteiger partial charge is 0.466 e. The van der Waals surface area contributed by atoms with Crippen LogP contribution in [0.5, 0.6) is 0 Å². The van der Waals surface area contributed by atoms with Crippen LogP contribution in [-0.4, -0.2) is 28.1 Å². The molecule has 0 unspecified atom stereocenters. The first kappa shape index (κ1) is 18.3. The van der Waals surface area contributed by atoms with Crippen LogP contribution in [0.2, 0.25) is 5.02 Å². The fourth-order valence-electron chi connectivity index (χ4n) is 1.55. The third-order valence-corrected chi connectivity index (χ3v) is 2.83. The SMILES string of the molecule is CCOC(=O)C/C(C)=N/Nc1cc(Cl)c([N+](=O)[O-])cc1[N+](=O)[O-]. The molecular weight excluding hydrogens is 332 g/mol. The van der Waals surface area contributed by atoms with Gasteiger partial charge >= 0.3 is 11.7 Å². The summed E-state index contributed by atoms with van der Waals surface area (Å²) < 4.78 is 4.74. The first-order valence-corrected chi connectivity index (χ1v) is 6.71. The molecule has 1 aromatic rings. The summed E-state index contributed by atoms with van der Waals surface area (Å²) in [4.78, 5) is 31.4. The lowest BCUT2D eigenvalue weighted by atomic mass is 10.2. The number of esters is 1. The van der Waals surface area contributed by atoms with E-state index in [1.807, 2.05) is 0 Å². The Balaban J connectivity index is 3.04. The number of anilines is 1. The number of nitrogens with zero attached hydrogens (tertiary/aromatic N) is 3. The Bertz CT molecular complexity index is 676. The molecule has 0 spiro atoms. The van der Waals surface area contributed by atoms with Crippen LogP contribution in [0.15, 0.2) is 17.2 Å². The Hall–Kier alpha value is -2.75. The first-order chi connectivity index (χ1) is 10.8. The second-order valence-electron chi connectivity index (χ2n) is 4.28. The number of nitrogens with one attached hydrogen (secondary N) is 1. The van der Waals surface area contributed by atoms with Gasteiger partial charge in [-0.2, -0.15) is 5.10 Å². The zero-order valence-electron chi connectivity index (χ0n) is 12.2. The van der Waals surface area contributed by atoms with Gasteiger partial charge in [0.2, 0.25) is 0 Å². The van der Waals surface area contributed by atoms with Crippen molar-refractivity contribution in [3.8, 4) is 0 Å². The monoisotopic (exact) mass is 344 g/mol. The number of benzene rings is 1. The van der Waals surface area contributed by atoms with Crippen LogP contribution in [0.25, 0.3) is 0 Å². The minimum absolute atomic E-state index is 0.102. The van der Waals surface area contributed by atoms with Gasteiger partial charge < -0.3 is 4.74 Å². The molecule has 0 radical (unpaired) electrons. The molecule has 11 heteroatoms. The molecule has 1 aromatic carbocycles. The van der Waals surface area contributed by atoms with Crippen LogP contribution < -0.4 is 5.43 Å². The van der Waals surface area contributed by atoms with Crippen molar-refractivity contribution in [2.24, 2.45) is 5.10 Å². The Labute approximate surface area is 135 Å². The van der Waals surface area contributed by atoms with E-state index in [2.05, 4.69) is 10.5 Å². The van der Waals surface area contributed by atoms with Crippen LogP contribution in [0.1, 0.15) is 20.3 Å². The maximum absolute atomic E-state index is 11.3. The molecule has 124 valence electrons. The van der Waals surface area contributed by atoms with Gasteiger partial charge in [0.15, 0.2) is 0 Å². The highest BCUT2D eigenvalue weighted by atomic mass is 35.5. The zero-order valence-corrected chi connectivity index (χ0v) is 13.0. The van der Waals surface area contributed by atoms with Crippen molar-refractivity contribution in [2.75, 3.05) is 12.0 Å². The Kier molecular flexibility index (Phi) is 6.39. The van der Waals surface area contributed by atoms with Crippen molar-refractivity contribution in [3.05, 3.63) is 37.4 Å². The Morgan fingerprint density at radius 1 is 1.30 bits per heavy atom. The standard InChI is InChI=1S/C12H13ClN4O6/c1-3-23-12(18)4-7(2)14-15-9-5-8(13)10(16(19)20)6-11(9)17(21)22/h5-6,15H,3-4H2,1-2H3/b14-7+. The van der Waals surface area contributed by atoms with Gasteiger partial charge in [0.1, 0.15) is 10.7 Å². The predicted molar refractivity (Wildman–Crippen MR) is 82.7 cm³/mol. The van der Waals surface area contributed by atoms with Gasteiger partial charge in [-0.1, -0.05) is 11.6 Å². The second-order valence-corrected chi connectivity index (χ2v) is 4.68. The van der Waals surface area contributed by atoms with Crippen molar-refractivity contribution in [1.82, 2.24) is 0 Å². The molecule has 0 fully saturated rings. The Morgan fingerprint density at radius 3 is 2.43 bits per heavy atom. The fraction of sp³-hybridized carbons (Fsp3) is 0.333. The van der Waals surface area contributed by atoms with E-state index in [0.717, 1.165) is 12.1 Å². The molecule has 1 rings (SSSR count). The van der Waals surface area contributed by atoms with Crippen molar-refractivity contribution in [3.63, 3.8) is 0 Å². The quantitative estimate of drug-likeness (QED) is 0.347. The van der Waals surface area contributed by atoms with E-state index in [9.17, 15) is 25.0 Å². The van der Waals surface area contributed by atoms with E-state index < -0.39 is 27.2 Å². The number of halogens is 1. The molecular formula is C12H13ClN4O6. The van der Waals surface area contributed by atoms with E-state index >= 15 is 0 Å². The minimum atomic E-state index is -0.825. The van der Waals surface area contributed by atoms with E-state index in [4.69, 9.17) is 16.3 Å². The highest BCUT2D eigenvalue weighted by Crippen LogP contribution is 2.35. The lowest BCUT2D eigenvalue weighted by Gasteiger charge is -2.05. The maximum Gasteiger partial charge on any atom is 0.311 e. The molecule has 0 aliphatic rings. The highest BCUT2D eigenvalue weighted by Gasteiger charge is 2.23. The van der Waals surface area contributed by atoms with Gasteiger partial charge in [0.05, 0.1) is 28.9 Å². The molecule has 0 aliphatic carbocycles. The van der Waals surface area contributed by atoms with E-state index in [-0.39, 0.29) is 23.7 Å². The first-order valence-electron chi connectivity index (χ1n) is 6.33. The predicted octanol–water partition coefficient (Wildman–Crippen LogP) is 2.90. The molecule has 0 saturated heterocycles. The summed E-state index contributed by atoms with van der Waals surface area (Å²) in [5, 5.41) is 25.3. The van der Waals surface area contributed by atoms with E-state index in [1.165, 1.54) is 6.92 Å². The number of hydrazone groups is 1. The third-order valence-electron chi connectivity index (χ3n) is 2.53. The van der Waals surface area contributed by atoms with Gasteiger partial charge in [-0.15, -0.1) is 0 Å². The summed E-state index contributed by atoms with van der Waals surface area (Å²) in [7, 11) is 0. The summed E-state index contributed by atoms with van der Waals surface area (Å²) in [6, 6.07) is 1.76. The lowest BCUT2D eigenvalue weighted by Crippen LogP contribution is -2.10. The highest BCUT2D eigenvalue weighted by molar-refractivity contribution is 6.33. The number of nitro benzene ring substituents is 2. The Morgan fingerprint density at radius 2 is 1.91 bits per heavy atom. The molecule has 10 nitrogen and oxygen atoms in total. The van der Waals surface area contributed by atoms with Gasteiger partial charge in [0.25, 0.3) is 5.69 Å². The van der Waals surface area contributed by atoms with Crippen LogP contribution >= 0.6 is 11.6 Å². The van der Waals surface area contributed by atoms with Crippen molar-refractivity contribution < 1.29 is 19.4 Å². The second kappa shape index (κ2) is 8.03. The molecule has 0 aromatic heterocycles. The van der Waals surface area contributed by atoms with E-state index in [1.54, 1.807) is 6.92 Å². The lowest BCUT2D eigenvalue weighted by molar-refractivity contribution is -0.393. The third kappa shape index (κ3) is 5.18. The van der Waals surface area contributed by atoms with Crippen LogP contribution in [0.3, 0.4) is 0 Å². The molecule has 0 heterocycles. The number of hydrogen-bond donors (Lipinski definition) is 1. The van der Waals surface area contributed by atoms with Crippen molar-refractivity contribution in [2.45, 2.75) is 20.3 Å². The van der Waals surface area contributed by atoms with Crippen molar-refractivity contribution in [1.29, 1.82) is 0 Å². The minimum Gasteiger partial charge on any atom is -0.466 e. The normalized spacial score (nSPS) is 11.0. The average Bonchev–Trinajstić information content (AvgIpc) is 2.44. The molecule has 0 amide bonds. The van der Waals surface area contributed by atoms with Gasteiger partial charge in [-0.05, 0) is 19.9 Å². The number of hydrogen-bond acceptors (Lipinski definition) is 8. The number of nitro groups is 2. The van der Waals surface area contributed by atoms with Gasteiger partial charge in [0, 0.05) is 5.71 Å². The van der Waals surface area contributed by atoms with Crippen LogP contribution in [0.4, 0.5) is 17.1 Å². The smallest absolute Gasteiger partial charge is 0.311 e.